The molecule has 1 unspecified atom stereocenters. The van der Waals surface area contributed by atoms with Crippen molar-refractivity contribution in [1.82, 2.24) is 4.31 Å². The predicted octanol–water partition coefficient (Wildman–Crippen LogP) is 2.05. The highest BCUT2D eigenvalue weighted by atomic mass is 32.2. The first-order valence-electron chi connectivity index (χ1n) is 6.50. The average Bonchev–Trinajstić information content (AvgIpc) is 2.37. The van der Waals surface area contributed by atoms with Gasteiger partial charge in [-0.05, 0) is 30.9 Å². The normalized spacial score (nSPS) is 20.9. The van der Waals surface area contributed by atoms with E-state index in [4.69, 9.17) is 0 Å². The Morgan fingerprint density at radius 2 is 2.15 bits per heavy atom. The van der Waals surface area contributed by atoms with Gasteiger partial charge in [0.1, 0.15) is 11.6 Å². The Hall–Kier alpha value is -1.21. The van der Waals surface area contributed by atoms with Crippen LogP contribution >= 0.6 is 0 Å². The summed E-state index contributed by atoms with van der Waals surface area (Å²) < 4.78 is 50.7. The maximum Gasteiger partial charge on any atom is 0.211 e. The molecule has 1 saturated heterocycles. The van der Waals surface area contributed by atoms with Crippen molar-refractivity contribution in [2.45, 2.75) is 12.8 Å². The molecule has 1 N–H and O–H groups in total. The van der Waals surface area contributed by atoms with Crippen LogP contribution in [-0.4, -0.2) is 38.6 Å². The van der Waals surface area contributed by atoms with Gasteiger partial charge in [-0.15, -0.1) is 0 Å². The molecule has 1 aromatic carbocycles. The van der Waals surface area contributed by atoms with Crippen LogP contribution in [0.4, 0.5) is 14.5 Å². The second kappa shape index (κ2) is 6.05. The van der Waals surface area contributed by atoms with Gasteiger partial charge >= 0.3 is 0 Å². The third kappa shape index (κ3) is 3.89. The van der Waals surface area contributed by atoms with Gasteiger partial charge in [0.15, 0.2) is 0 Å². The van der Waals surface area contributed by atoms with E-state index >= 15 is 0 Å². The smallest absolute Gasteiger partial charge is 0.211 e. The molecule has 1 aliphatic heterocycles. The highest BCUT2D eigenvalue weighted by Gasteiger charge is 2.25. The third-order valence-corrected chi connectivity index (χ3v) is 4.73. The Labute approximate surface area is 117 Å². The number of benzene rings is 1. The molecule has 112 valence electrons. The number of nitrogens with one attached hydrogen (secondary N) is 1. The highest BCUT2D eigenvalue weighted by molar-refractivity contribution is 7.88. The number of nitrogens with zero attached hydrogens (tertiary/aromatic N) is 1. The molecule has 2 rings (SSSR count). The monoisotopic (exact) mass is 304 g/mol. The zero-order valence-electron chi connectivity index (χ0n) is 11.3. The van der Waals surface area contributed by atoms with E-state index in [2.05, 4.69) is 5.32 Å². The zero-order valence-corrected chi connectivity index (χ0v) is 12.1. The minimum atomic E-state index is -3.17. The molecule has 1 heterocycles. The standard InChI is InChI=1S/C13H18F2N2O2S/c1-20(18,19)17-6-2-3-10(9-17)8-16-13-5-4-11(14)7-12(13)15/h4-5,7,10,16H,2-3,6,8-9H2,1H3. The number of sulfonamides is 1. The Kier molecular flexibility index (Phi) is 4.59. The lowest BCUT2D eigenvalue weighted by molar-refractivity contribution is 0.276. The summed E-state index contributed by atoms with van der Waals surface area (Å²) in [5.41, 5.74) is 0.239. The summed E-state index contributed by atoms with van der Waals surface area (Å²) in [7, 11) is -3.17. The number of hydrogen-bond acceptors (Lipinski definition) is 3. The average molecular weight is 304 g/mol. The molecule has 0 spiro atoms. The van der Waals surface area contributed by atoms with Gasteiger partial charge in [-0.2, -0.15) is 0 Å². The molecule has 0 aliphatic carbocycles. The maximum atomic E-state index is 13.5. The van der Waals surface area contributed by atoms with Crippen molar-refractivity contribution in [2.75, 3.05) is 31.2 Å². The molecule has 0 aromatic heterocycles. The first-order valence-corrected chi connectivity index (χ1v) is 8.35. The summed E-state index contributed by atoms with van der Waals surface area (Å²) in [6.45, 7) is 1.45. The zero-order chi connectivity index (χ0) is 14.8. The summed E-state index contributed by atoms with van der Waals surface area (Å²) in [5, 5.41) is 2.92. The minimum absolute atomic E-state index is 0.128. The molecule has 1 aromatic rings. The molecule has 7 heteroatoms. The molecule has 0 amide bonds. The topological polar surface area (TPSA) is 49.4 Å². The van der Waals surface area contributed by atoms with E-state index in [1.54, 1.807) is 0 Å². The van der Waals surface area contributed by atoms with Crippen LogP contribution in [-0.2, 0) is 10.0 Å². The molecule has 0 saturated carbocycles. The van der Waals surface area contributed by atoms with Crippen LogP contribution in [0.1, 0.15) is 12.8 Å². The molecular formula is C13H18F2N2O2S. The lowest BCUT2D eigenvalue weighted by atomic mass is 9.99. The summed E-state index contributed by atoms with van der Waals surface area (Å²) >= 11 is 0. The van der Waals surface area contributed by atoms with Gasteiger partial charge in [-0.3, -0.25) is 0 Å². The summed E-state index contributed by atoms with van der Waals surface area (Å²) in [6, 6.07) is 3.36. The summed E-state index contributed by atoms with van der Waals surface area (Å²) in [4.78, 5) is 0. The van der Waals surface area contributed by atoms with Gasteiger partial charge in [-0.1, -0.05) is 0 Å². The van der Waals surface area contributed by atoms with Crippen LogP contribution < -0.4 is 5.32 Å². The van der Waals surface area contributed by atoms with Gasteiger partial charge in [0.25, 0.3) is 0 Å². The largest absolute Gasteiger partial charge is 0.382 e. The fourth-order valence-electron chi connectivity index (χ4n) is 2.38. The lowest BCUT2D eigenvalue weighted by Gasteiger charge is -2.31. The van der Waals surface area contributed by atoms with E-state index in [1.165, 1.54) is 22.7 Å². The van der Waals surface area contributed by atoms with Crippen molar-refractivity contribution in [3.63, 3.8) is 0 Å². The third-order valence-electron chi connectivity index (χ3n) is 3.46. The molecule has 1 fully saturated rings. The number of rotatable bonds is 4. The van der Waals surface area contributed by atoms with Crippen molar-refractivity contribution < 1.29 is 17.2 Å². The van der Waals surface area contributed by atoms with Gasteiger partial charge in [0.2, 0.25) is 10.0 Å². The molecule has 20 heavy (non-hydrogen) atoms. The van der Waals surface area contributed by atoms with Gasteiger partial charge in [0.05, 0.1) is 11.9 Å². The molecule has 4 nitrogen and oxygen atoms in total. The maximum absolute atomic E-state index is 13.5. The van der Waals surface area contributed by atoms with Crippen LogP contribution in [0, 0.1) is 17.6 Å². The van der Waals surface area contributed by atoms with E-state index in [0.29, 0.717) is 19.6 Å². The molecule has 1 aliphatic rings. The SMILES string of the molecule is CS(=O)(=O)N1CCCC(CNc2ccc(F)cc2F)C1. The second-order valence-electron chi connectivity index (χ2n) is 5.13. The van der Waals surface area contributed by atoms with E-state index < -0.39 is 21.7 Å². The molecule has 0 radical (unpaired) electrons. The Morgan fingerprint density at radius 1 is 1.40 bits per heavy atom. The number of piperidine rings is 1. The number of halogens is 2. The van der Waals surface area contributed by atoms with Crippen LogP contribution in [0.5, 0.6) is 0 Å². The van der Waals surface area contributed by atoms with Gasteiger partial charge < -0.3 is 5.32 Å². The van der Waals surface area contributed by atoms with Crippen LogP contribution in [0.2, 0.25) is 0 Å². The Bertz CT molecular complexity index is 578. The molecule has 1 atom stereocenters. The quantitative estimate of drug-likeness (QED) is 0.926. The van der Waals surface area contributed by atoms with E-state index in [1.807, 2.05) is 0 Å². The molecule has 0 bridgehead atoms. The van der Waals surface area contributed by atoms with Gasteiger partial charge in [0, 0.05) is 25.7 Å². The second-order valence-corrected chi connectivity index (χ2v) is 7.12. The minimum Gasteiger partial charge on any atom is -0.382 e. The van der Waals surface area contributed by atoms with Crippen molar-refractivity contribution in [1.29, 1.82) is 0 Å². The van der Waals surface area contributed by atoms with Crippen molar-refractivity contribution in [3.8, 4) is 0 Å². The van der Waals surface area contributed by atoms with Crippen molar-refractivity contribution in [3.05, 3.63) is 29.8 Å². The van der Waals surface area contributed by atoms with E-state index in [9.17, 15) is 17.2 Å². The van der Waals surface area contributed by atoms with Crippen molar-refractivity contribution >= 4 is 15.7 Å². The van der Waals surface area contributed by atoms with Crippen LogP contribution in [0.3, 0.4) is 0 Å². The Morgan fingerprint density at radius 3 is 2.80 bits per heavy atom. The first kappa shape index (κ1) is 15.2. The highest BCUT2D eigenvalue weighted by Crippen LogP contribution is 2.21. The lowest BCUT2D eigenvalue weighted by Crippen LogP contribution is -2.41. The fraction of sp³-hybridized carbons (Fsp3) is 0.538. The van der Waals surface area contributed by atoms with Crippen LogP contribution in [0.15, 0.2) is 18.2 Å². The van der Waals surface area contributed by atoms with E-state index in [0.717, 1.165) is 18.9 Å². The summed E-state index contributed by atoms with van der Waals surface area (Å²) in [5.74, 6) is -1.13. The Balaban J connectivity index is 1.94. The first-order chi connectivity index (χ1) is 9.36. The summed E-state index contributed by atoms with van der Waals surface area (Å²) in [6.07, 6.45) is 2.88. The molecular weight excluding hydrogens is 286 g/mol. The number of anilines is 1. The van der Waals surface area contributed by atoms with Crippen LogP contribution in [0.25, 0.3) is 0 Å². The number of hydrogen-bond donors (Lipinski definition) is 1. The van der Waals surface area contributed by atoms with E-state index in [-0.39, 0.29) is 11.6 Å². The predicted molar refractivity (Wildman–Crippen MR) is 74.0 cm³/mol. The fourth-order valence-corrected chi connectivity index (χ4v) is 3.32. The van der Waals surface area contributed by atoms with Gasteiger partial charge in [-0.25, -0.2) is 21.5 Å². The van der Waals surface area contributed by atoms with Crippen molar-refractivity contribution in [2.24, 2.45) is 5.92 Å².